The van der Waals surface area contributed by atoms with Crippen molar-refractivity contribution in [1.29, 1.82) is 0 Å². The van der Waals surface area contributed by atoms with E-state index in [1.165, 1.54) is 11.1 Å². The number of hydrogen-bond acceptors (Lipinski definition) is 2. The topological polar surface area (TPSA) is 40.7 Å². The molecule has 0 saturated carbocycles. The third-order valence-electron chi connectivity index (χ3n) is 2.59. The monoisotopic (exact) mass is 215 g/mol. The van der Waals surface area contributed by atoms with Crippen LogP contribution in [0.3, 0.4) is 0 Å². The minimum absolute atomic E-state index is 0.843. The highest BCUT2D eigenvalue weighted by atomic mass is 15.0. The van der Waals surface area contributed by atoms with Crippen molar-refractivity contribution in [2.45, 2.75) is 20.4 Å². The standard InChI is InChI=1S/C13H17N3/c1-3-14-8-11-9-15-13(16-11)12-7-5-4-6-10(12)2/h4-7,9,14H,3,8H2,1-2H3,(H,15,16). The van der Waals surface area contributed by atoms with Crippen molar-refractivity contribution in [3.8, 4) is 11.4 Å². The van der Waals surface area contributed by atoms with Crippen molar-refractivity contribution < 1.29 is 0 Å². The fourth-order valence-corrected chi connectivity index (χ4v) is 1.68. The van der Waals surface area contributed by atoms with Gasteiger partial charge in [0.1, 0.15) is 5.82 Å². The van der Waals surface area contributed by atoms with E-state index in [2.05, 4.69) is 41.3 Å². The van der Waals surface area contributed by atoms with E-state index in [-0.39, 0.29) is 0 Å². The van der Waals surface area contributed by atoms with Crippen molar-refractivity contribution in [1.82, 2.24) is 15.3 Å². The van der Waals surface area contributed by atoms with Crippen LogP contribution in [0.4, 0.5) is 0 Å². The summed E-state index contributed by atoms with van der Waals surface area (Å²) in [5, 5.41) is 3.27. The normalized spacial score (nSPS) is 10.6. The van der Waals surface area contributed by atoms with Gasteiger partial charge in [-0.1, -0.05) is 31.2 Å². The van der Waals surface area contributed by atoms with E-state index in [0.29, 0.717) is 0 Å². The quantitative estimate of drug-likeness (QED) is 0.822. The van der Waals surface area contributed by atoms with Crippen molar-refractivity contribution >= 4 is 0 Å². The van der Waals surface area contributed by atoms with Gasteiger partial charge in [0.05, 0.1) is 0 Å². The first-order valence-corrected chi connectivity index (χ1v) is 5.62. The first kappa shape index (κ1) is 10.9. The van der Waals surface area contributed by atoms with E-state index in [1.807, 2.05) is 18.3 Å². The van der Waals surface area contributed by atoms with Crippen LogP contribution >= 0.6 is 0 Å². The number of nitrogens with one attached hydrogen (secondary N) is 2. The smallest absolute Gasteiger partial charge is 0.137 e. The van der Waals surface area contributed by atoms with Gasteiger partial charge in [-0.3, -0.25) is 0 Å². The van der Waals surface area contributed by atoms with Crippen molar-refractivity contribution in [3.05, 3.63) is 41.7 Å². The number of H-pyrrole nitrogens is 1. The summed E-state index contributed by atoms with van der Waals surface area (Å²) in [6.45, 7) is 6.01. The van der Waals surface area contributed by atoms with E-state index in [9.17, 15) is 0 Å². The number of rotatable bonds is 4. The summed E-state index contributed by atoms with van der Waals surface area (Å²) in [7, 11) is 0. The molecule has 3 heteroatoms. The summed E-state index contributed by atoms with van der Waals surface area (Å²) >= 11 is 0. The van der Waals surface area contributed by atoms with Gasteiger partial charge >= 0.3 is 0 Å². The first-order valence-electron chi connectivity index (χ1n) is 5.62. The average Bonchev–Trinajstić information content (AvgIpc) is 2.75. The minimum Gasteiger partial charge on any atom is -0.341 e. The molecular weight excluding hydrogens is 198 g/mol. The molecule has 1 aromatic carbocycles. The Hall–Kier alpha value is -1.61. The highest BCUT2D eigenvalue weighted by Crippen LogP contribution is 2.19. The van der Waals surface area contributed by atoms with Gasteiger partial charge in [0.25, 0.3) is 0 Å². The Morgan fingerprint density at radius 3 is 2.88 bits per heavy atom. The van der Waals surface area contributed by atoms with Gasteiger partial charge in [-0.25, -0.2) is 4.98 Å². The Labute approximate surface area is 95.9 Å². The predicted molar refractivity (Wildman–Crippen MR) is 66.1 cm³/mol. The van der Waals surface area contributed by atoms with Gasteiger partial charge in [-0.2, -0.15) is 0 Å². The van der Waals surface area contributed by atoms with Crippen molar-refractivity contribution in [3.63, 3.8) is 0 Å². The molecule has 0 atom stereocenters. The van der Waals surface area contributed by atoms with Crippen LogP contribution in [0.2, 0.25) is 0 Å². The van der Waals surface area contributed by atoms with Gasteiger partial charge in [0, 0.05) is 24.0 Å². The molecular formula is C13H17N3. The Kier molecular flexibility index (Phi) is 3.37. The zero-order valence-corrected chi connectivity index (χ0v) is 9.75. The second kappa shape index (κ2) is 4.94. The number of aryl methyl sites for hydroxylation is 1. The van der Waals surface area contributed by atoms with E-state index in [4.69, 9.17) is 0 Å². The van der Waals surface area contributed by atoms with Gasteiger partial charge in [0.2, 0.25) is 0 Å². The molecule has 1 aromatic heterocycles. The molecule has 2 aromatic rings. The molecule has 0 aliphatic rings. The van der Waals surface area contributed by atoms with Crippen molar-refractivity contribution in [2.24, 2.45) is 0 Å². The Bertz CT molecular complexity index is 460. The van der Waals surface area contributed by atoms with E-state index in [0.717, 1.165) is 24.6 Å². The molecule has 0 fully saturated rings. The summed E-state index contributed by atoms with van der Waals surface area (Å²) in [4.78, 5) is 7.74. The lowest BCUT2D eigenvalue weighted by molar-refractivity contribution is 0.714. The average molecular weight is 215 g/mol. The van der Waals surface area contributed by atoms with Gasteiger partial charge in [-0.15, -0.1) is 0 Å². The molecule has 3 nitrogen and oxygen atoms in total. The SMILES string of the molecule is CCNCc1cnc(-c2ccccc2C)[nH]1. The largest absolute Gasteiger partial charge is 0.341 e. The number of benzene rings is 1. The van der Waals surface area contributed by atoms with Crippen LogP contribution in [-0.4, -0.2) is 16.5 Å². The summed E-state index contributed by atoms with van der Waals surface area (Å²) in [6, 6.07) is 8.27. The third kappa shape index (κ3) is 2.31. The van der Waals surface area contributed by atoms with Gasteiger partial charge < -0.3 is 10.3 Å². The lowest BCUT2D eigenvalue weighted by atomic mass is 10.1. The lowest BCUT2D eigenvalue weighted by Gasteiger charge is -2.01. The molecule has 1 heterocycles. The predicted octanol–water partition coefficient (Wildman–Crippen LogP) is 2.49. The summed E-state index contributed by atoms with van der Waals surface area (Å²) in [5.74, 6) is 0.950. The number of hydrogen-bond donors (Lipinski definition) is 2. The van der Waals surface area contributed by atoms with Crippen LogP contribution in [-0.2, 0) is 6.54 Å². The minimum atomic E-state index is 0.843. The molecule has 16 heavy (non-hydrogen) atoms. The Morgan fingerprint density at radius 2 is 2.12 bits per heavy atom. The fraction of sp³-hybridized carbons (Fsp3) is 0.308. The van der Waals surface area contributed by atoms with Crippen molar-refractivity contribution in [2.75, 3.05) is 6.54 Å². The number of aromatic nitrogens is 2. The molecule has 0 aliphatic carbocycles. The zero-order chi connectivity index (χ0) is 11.4. The molecule has 2 rings (SSSR count). The summed E-state index contributed by atoms with van der Waals surface area (Å²) in [6.07, 6.45) is 1.89. The van der Waals surface area contributed by atoms with E-state index < -0.39 is 0 Å². The summed E-state index contributed by atoms with van der Waals surface area (Å²) < 4.78 is 0. The van der Waals surface area contributed by atoms with Crippen LogP contribution in [0.1, 0.15) is 18.2 Å². The highest BCUT2D eigenvalue weighted by molar-refractivity contribution is 5.59. The highest BCUT2D eigenvalue weighted by Gasteiger charge is 2.04. The molecule has 0 unspecified atom stereocenters. The maximum absolute atomic E-state index is 4.40. The second-order valence-electron chi connectivity index (χ2n) is 3.85. The van der Waals surface area contributed by atoms with E-state index in [1.54, 1.807) is 0 Å². The molecule has 0 aliphatic heterocycles. The fourth-order valence-electron chi connectivity index (χ4n) is 1.68. The van der Waals surface area contributed by atoms with Crippen LogP contribution in [0.15, 0.2) is 30.5 Å². The molecule has 0 spiro atoms. The maximum Gasteiger partial charge on any atom is 0.137 e. The summed E-state index contributed by atoms with van der Waals surface area (Å²) in [5.41, 5.74) is 3.54. The lowest BCUT2D eigenvalue weighted by Crippen LogP contribution is -2.11. The van der Waals surface area contributed by atoms with E-state index >= 15 is 0 Å². The number of aromatic amines is 1. The Morgan fingerprint density at radius 1 is 1.31 bits per heavy atom. The van der Waals surface area contributed by atoms with Crippen LogP contribution in [0, 0.1) is 6.92 Å². The Balaban J connectivity index is 2.22. The van der Waals surface area contributed by atoms with Crippen LogP contribution in [0.5, 0.6) is 0 Å². The molecule has 2 N–H and O–H groups in total. The zero-order valence-electron chi connectivity index (χ0n) is 9.75. The molecule has 0 amide bonds. The first-order chi connectivity index (χ1) is 7.81. The third-order valence-corrected chi connectivity index (χ3v) is 2.59. The molecule has 0 saturated heterocycles. The molecule has 0 bridgehead atoms. The van der Waals surface area contributed by atoms with Gasteiger partial charge in [0.15, 0.2) is 0 Å². The molecule has 0 radical (unpaired) electrons. The second-order valence-corrected chi connectivity index (χ2v) is 3.85. The molecule has 84 valence electrons. The maximum atomic E-state index is 4.40. The van der Waals surface area contributed by atoms with Gasteiger partial charge in [-0.05, 0) is 19.0 Å². The van der Waals surface area contributed by atoms with Crippen LogP contribution < -0.4 is 5.32 Å². The van der Waals surface area contributed by atoms with Crippen LogP contribution in [0.25, 0.3) is 11.4 Å². The number of nitrogens with zero attached hydrogens (tertiary/aromatic N) is 1. The number of imidazole rings is 1.